The Morgan fingerprint density at radius 3 is 2.55 bits per heavy atom. The van der Waals surface area contributed by atoms with Gasteiger partial charge in [-0.3, -0.25) is 4.79 Å². The predicted octanol–water partition coefficient (Wildman–Crippen LogP) is 2.95. The molecule has 0 saturated carbocycles. The first-order valence-corrected chi connectivity index (χ1v) is 9.83. The molecule has 0 unspecified atom stereocenters. The second-order valence-corrected chi connectivity index (χ2v) is 6.70. The zero-order chi connectivity index (χ0) is 21.5. The van der Waals surface area contributed by atoms with Gasteiger partial charge in [-0.1, -0.05) is 24.3 Å². The van der Waals surface area contributed by atoms with Gasteiger partial charge in [0.05, 0.1) is 23.1 Å². The highest BCUT2D eigenvalue weighted by atomic mass is 16.1. The van der Waals surface area contributed by atoms with E-state index >= 15 is 0 Å². The molecule has 1 amide bonds. The van der Waals surface area contributed by atoms with Crippen molar-refractivity contribution in [3.05, 3.63) is 84.6 Å². The maximum absolute atomic E-state index is 12.5. The van der Waals surface area contributed by atoms with E-state index in [2.05, 4.69) is 36.0 Å². The van der Waals surface area contributed by atoms with Crippen molar-refractivity contribution in [2.24, 2.45) is 0 Å². The predicted molar refractivity (Wildman–Crippen MR) is 119 cm³/mol. The van der Waals surface area contributed by atoms with E-state index in [4.69, 9.17) is 0 Å². The summed E-state index contributed by atoms with van der Waals surface area (Å²) in [6, 6.07) is 17.1. The first-order valence-electron chi connectivity index (χ1n) is 9.83. The lowest BCUT2D eigenvalue weighted by atomic mass is 10.2. The number of carbonyl (C=O) groups excluding carboxylic acids is 1. The SMILES string of the molecule is Cc1c(C(=O)NCCNc2cc(Nc3ccccn3)ncn2)cnn1-c1ccccc1. The summed E-state index contributed by atoms with van der Waals surface area (Å²) in [5, 5.41) is 13.5. The summed E-state index contributed by atoms with van der Waals surface area (Å²) in [6.45, 7) is 2.82. The molecule has 0 bridgehead atoms. The summed E-state index contributed by atoms with van der Waals surface area (Å²) in [5.74, 6) is 1.81. The van der Waals surface area contributed by atoms with E-state index in [9.17, 15) is 4.79 Å². The third-order valence-electron chi connectivity index (χ3n) is 4.56. The van der Waals surface area contributed by atoms with E-state index in [1.165, 1.54) is 6.33 Å². The molecule has 4 aromatic rings. The summed E-state index contributed by atoms with van der Waals surface area (Å²) in [7, 11) is 0. The van der Waals surface area contributed by atoms with Crippen LogP contribution in [0.1, 0.15) is 16.1 Å². The molecule has 156 valence electrons. The molecule has 9 nitrogen and oxygen atoms in total. The van der Waals surface area contributed by atoms with Gasteiger partial charge in [0.1, 0.15) is 23.8 Å². The standard InChI is InChI=1S/C22H22N8O/c1-16-18(14-28-30(16)17-7-3-2-4-8-17)22(31)25-12-11-24-20-13-21(27-15-26-20)29-19-9-5-6-10-23-19/h2-10,13-15H,11-12H2,1H3,(H,25,31)(H2,23,24,26,27,29). The number of benzene rings is 1. The summed E-state index contributed by atoms with van der Waals surface area (Å²) >= 11 is 0. The molecule has 9 heteroatoms. The maximum Gasteiger partial charge on any atom is 0.254 e. The highest BCUT2D eigenvalue weighted by Crippen LogP contribution is 2.15. The lowest BCUT2D eigenvalue weighted by Gasteiger charge is -2.09. The van der Waals surface area contributed by atoms with E-state index < -0.39 is 0 Å². The minimum atomic E-state index is -0.165. The van der Waals surface area contributed by atoms with E-state index in [1.807, 2.05) is 55.5 Å². The molecule has 1 aromatic carbocycles. The van der Waals surface area contributed by atoms with Crippen molar-refractivity contribution in [2.75, 3.05) is 23.7 Å². The van der Waals surface area contributed by atoms with Crippen LogP contribution in [0.2, 0.25) is 0 Å². The van der Waals surface area contributed by atoms with Crippen LogP contribution >= 0.6 is 0 Å². The van der Waals surface area contributed by atoms with Gasteiger partial charge in [0.25, 0.3) is 5.91 Å². The molecule has 3 N–H and O–H groups in total. The first kappa shape index (κ1) is 20.0. The van der Waals surface area contributed by atoms with Crippen molar-refractivity contribution in [3.63, 3.8) is 0 Å². The fourth-order valence-corrected chi connectivity index (χ4v) is 3.01. The molecule has 0 aliphatic rings. The second-order valence-electron chi connectivity index (χ2n) is 6.70. The number of carbonyl (C=O) groups is 1. The van der Waals surface area contributed by atoms with Crippen molar-refractivity contribution >= 4 is 23.4 Å². The third kappa shape index (κ3) is 5.02. The molecule has 0 spiro atoms. The van der Waals surface area contributed by atoms with Crippen molar-refractivity contribution in [1.29, 1.82) is 0 Å². The lowest BCUT2D eigenvalue weighted by Crippen LogP contribution is -2.29. The molecule has 3 heterocycles. The van der Waals surface area contributed by atoms with E-state index in [0.29, 0.717) is 36.1 Å². The Hall–Kier alpha value is -4.27. The Balaban J connectivity index is 1.29. The number of anilines is 3. The number of hydrogen-bond acceptors (Lipinski definition) is 7. The van der Waals surface area contributed by atoms with Crippen LogP contribution in [0.5, 0.6) is 0 Å². The topological polar surface area (TPSA) is 110 Å². The first-order chi connectivity index (χ1) is 15.2. The van der Waals surface area contributed by atoms with Crippen LogP contribution < -0.4 is 16.0 Å². The van der Waals surface area contributed by atoms with Crippen LogP contribution in [0, 0.1) is 6.92 Å². The monoisotopic (exact) mass is 414 g/mol. The molecule has 0 radical (unpaired) electrons. The average molecular weight is 414 g/mol. The highest BCUT2D eigenvalue weighted by molar-refractivity contribution is 5.95. The number of hydrogen-bond donors (Lipinski definition) is 3. The molecule has 0 saturated heterocycles. The Bertz CT molecular complexity index is 1140. The van der Waals surface area contributed by atoms with Crippen molar-refractivity contribution in [1.82, 2.24) is 30.0 Å². The zero-order valence-electron chi connectivity index (χ0n) is 17.0. The van der Waals surface area contributed by atoms with E-state index in [1.54, 1.807) is 23.1 Å². The number of aromatic nitrogens is 5. The molecule has 0 atom stereocenters. The van der Waals surface area contributed by atoms with Crippen molar-refractivity contribution in [2.45, 2.75) is 6.92 Å². The van der Waals surface area contributed by atoms with Gasteiger partial charge in [0, 0.05) is 25.4 Å². The summed E-state index contributed by atoms with van der Waals surface area (Å²) in [6.07, 6.45) is 4.76. The Morgan fingerprint density at radius 2 is 1.74 bits per heavy atom. The Kier molecular flexibility index (Phi) is 6.13. The second kappa shape index (κ2) is 9.49. The Morgan fingerprint density at radius 1 is 0.935 bits per heavy atom. The summed E-state index contributed by atoms with van der Waals surface area (Å²) in [5.41, 5.74) is 2.25. The molecule has 0 aliphatic heterocycles. The smallest absolute Gasteiger partial charge is 0.254 e. The van der Waals surface area contributed by atoms with Gasteiger partial charge in [0.15, 0.2) is 0 Å². The van der Waals surface area contributed by atoms with Crippen LogP contribution in [0.4, 0.5) is 17.5 Å². The molecule has 3 aromatic heterocycles. The van der Waals surface area contributed by atoms with Crippen molar-refractivity contribution < 1.29 is 4.79 Å². The van der Waals surface area contributed by atoms with Crippen LogP contribution in [0.15, 0.2) is 73.3 Å². The quantitative estimate of drug-likeness (QED) is 0.380. The number of para-hydroxylation sites is 1. The zero-order valence-corrected chi connectivity index (χ0v) is 17.0. The number of rotatable bonds is 8. The van der Waals surface area contributed by atoms with Gasteiger partial charge in [-0.05, 0) is 31.2 Å². The molecule has 4 rings (SSSR count). The molecular weight excluding hydrogens is 392 g/mol. The van der Waals surface area contributed by atoms with Gasteiger partial charge >= 0.3 is 0 Å². The van der Waals surface area contributed by atoms with Crippen LogP contribution in [-0.4, -0.2) is 43.7 Å². The molecule has 0 fully saturated rings. The molecule has 0 aliphatic carbocycles. The number of amides is 1. The van der Waals surface area contributed by atoms with Gasteiger partial charge in [-0.2, -0.15) is 5.10 Å². The van der Waals surface area contributed by atoms with Gasteiger partial charge in [-0.15, -0.1) is 0 Å². The number of nitrogens with zero attached hydrogens (tertiary/aromatic N) is 5. The fraction of sp³-hybridized carbons (Fsp3) is 0.136. The normalized spacial score (nSPS) is 10.5. The Labute approximate surface area is 179 Å². The highest BCUT2D eigenvalue weighted by Gasteiger charge is 2.14. The van der Waals surface area contributed by atoms with Gasteiger partial charge < -0.3 is 16.0 Å². The number of pyridine rings is 1. The summed E-state index contributed by atoms with van der Waals surface area (Å²) < 4.78 is 1.75. The van der Waals surface area contributed by atoms with E-state index in [0.717, 1.165) is 11.4 Å². The minimum absolute atomic E-state index is 0.165. The molecule has 31 heavy (non-hydrogen) atoms. The third-order valence-corrected chi connectivity index (χ3v) is 4.56. The van der Waals surface area contributed by atoms with Crippen molar-refractivity contribution in [3.8, 4) is 5.69 Å². The number of nitrogens with one attached hydrogen (secondary N) is 3. The molecular formula is C22H22N8O. The van der Waals surface area contributed by atoms with Gasteiger partial charge in [-0.25, -0.2) is 19.6 Å². The fourth-order valence-electron chi connectivity index (χ4n) is 3.01. The average Bonchev–Trinajstić information content (AvgIpc) is 3.19. The summed E-state index contributed by atoms with van der Waals surface area (Å²) in [4.78, 5) is 25.1. The van der Waals surface area contributed by atoms with Crippen LogP contribution in [0.25, 0.3) is 5.69 Å². The minimum Gasteiger partial charge on any atom is -0.368 e. The van der Waals surface area contributed by atoms with Crippen LogP contribution in [0.3, 0.4) is 0 Å². The van der Waals surface area contributed by atoms with Gasteiger partial charge in [0.2, 0.25) is 0 Å². The maximum atomic E-state index is 12.5. The largest absolute Gasteiger partial charge is 0.368 e. The van der Waals surface area contributed by atoms with E-state index in [-0.39, 0.29) is 5.91 Å². The van der Waals surface area contributed by atoms with Crippen LogP contribution in [-0.2, 0) is 0 Å². The lowest BCUT2D eigenvalue weighted by molar-refractivity contribution is 0.0954.